The predicted octanol–water partition coefficient (Wildman–Crippen LogP) is 5.99. The van der Waals surface area contributed by atoms with Crippen molar-refractivity contribution in [3.8, 4) is 28.5 Å². The van der Waals surface area contributed by atoms with E-state index in [0.29, 0.717) is 41.0 Å². The lowest BCUT2D eigenvalue weighted by Crippen LogP contribution is -2.23. The normalized spacial score (nSPS) is 10.6. The molecule has 0 aliphatic heterocycles. The van der Waals surface area contributed by atoms with Gasteiger partial charge in [0.2, 0.25) is 5.89 Å². The zero-order chi connectivity index (χ0) is 21.6. The van der Waals surface area contributed by atoms with Gasteiger partial charge in [-0.2, -0.15) is 0 Å². The first kappa shape index (κ1) is 20.7. The van der Waals surface area contributed by atoms with E-state index in [2.05, 4.69) is 10.3 Å². The highest BCUT2D eigenvalue weighted by Crippen LogP contribution is 2.29. The van der Waals surface area contributed by atoms with Crippen molar-refractivity contribution in [2.24, 2.45) is 0 Å². The van der Waals surface area contributed by atoms with Crippen molar-refractivity contribution in [3.05, 3.63) is 95.1 Å². The highest BCUT2D eigenvalue weighted by molar-refractivity contribution is 6.30. The van der Waals surface area contributed by atoms with Crippen molar-refractivity contribution in [1.29, 1.82) is 0 Å². The molecular formula is C25H21ClN2O3. The molecule has 0 saturated carbocycles. The summed E-state index contributed by atoms with van der Waals surface area (Å²) in [5, 5.41) is 3.60. The van der Waals surface area contributed by atoms with Gasteiger partial charge in [0.05, 0.1) is 18.4 Å². The van der Waals surface area contributed by atoms with E-state index in [4.69, 9.17) is 20.8 Å². The molecule has 4 rings (SSSR count). The van der Waals surface area contributed by atoms with Crippen LogP contribution in [0.5, 0.6) is 5.75 Å². The molecule has 6 heteroatoms. The molecule has 31 heavy (non-hydrogen) atoms. The molecule has 0 fully saturated rings. The van der Waals surface area contributed by atoms with Gasteiger partial charge in [-0.05, 0) is 61.0 Å². The van der Waals surface area contributed by atoms with Crippen molar-refractivity contribution in [1.82, 2.24) is 10.3 Å². The summed E-state index contributed by atoms with van der Waals surface area (Å²) in [6.45, 7) is 2.95. The maximum atomic E-state index is 12.8. The summed E-state index contributed by atoms with van der Waals surface area (Å²) in [7, 11) is 0. The zero-order valence-electron chi connectivity index (χ0n) is 17.0. The lowest BCUT2D eigenvalue weighted by molar-refractivity contribution is 0.0951. The smallest absolute Gasteiger partial charge is 0.252 e. The van der Waals surface area contributed by atoms with Crippen molar-refractivity contribution >= 4 is 17.5 Å². The van der Waals surface area contributed by atoms with E-state index in [0.717, 1.165) is 16.9 Å². The Kier molecular flexibility index (Phi) is 6.34. The van der Waals surface area contributed by atoms with Crippen molar-refractivity contribution in [3.63, 3.8) is 0 Å². The number of carbonyl (C=O) groups excluding carboxylic acids is 1. The molecule has 0 bridgehead atoms. The molecule has 0 unspecified atom stereocenters. The second kappa shape index (κ2) is 9.49. The van der Waals surface area contributed by atoms with Crippen LogP contribution in [0.3, 0.4) is 0 Å². The third-order valence-electron chi connectivity index (χ3n) is 4.72. The van der Waals surface area contributed by atoms with E-state index in [-0.39, 0.29) is 5.91 Å². The molecule has 156 valence electrons. The topological polar surface area (TPSA) is 64.4 Å². The summed E-state index contributed by atoms with van der Waals surface area (Å²) in [4.78, 5) is 17.2. The first-order valence-electron chi connectivity index (χ1n) is 9.95. The van der Waals surface area contributed by atoms with Crippen LogP contribution in [-0.4, -0.2) is 17.5 Å². The Morgan fingerprint density at radius 2 is 1.77 bits per heavy atom. The van der Waals surface area contributed by atoms with Gasteiger partial charge in [0.15, 0.2) is 5.76 Å². The molecular weight excluding hydrogens is 412 g/mol. The Morgan fingerprint density at radius 1 is 1.03 bits per heavy atom. The Morgan fingerprint density at radius 3 is 2.52 bits per heavy atom. The van der Waals surface area contributed by atoms with Crippen LogP contribution in [0.2, 0.25) is 5.02 Å². The number of rotatable bonds is 7. The van der Waals surface area contributed by atoms with Crippen LogP contribution in [0.15, 0.2) is 83.4 Å². The standard InChI is InChI=1S/C25H21ClN2O3/c1-2-30-20-13-9-18(10-14-20)23-16-28-25(31-23)22-6-4-3-5-21(22)24(29)27-15-17-7-11-19(26)12-8-17/h3-14,16H,2,15H2,1H3,(H,27,29). The molecule has 0 saturated heterocycles. The number of nitrogens with one attached hydrogen (secondary N) is 1. The van der Waals surface area contributed by atoms with E-state index in [9.17, 15) is 4.79 Å². The monoisotopic (exact) mass is 432 g/mol. The van der Waals surface area contributed by atoms with Gasteiger partial charge in [-0.25, -0.2) is 4.98 Å². The Balaban J connectivity index is 1.53. The fourth-order valence-corrected chi connectivity index (χ4v) is 3.29. The van der Waals surface area contributed by atoms with Crippen LogP contribution in [0.4, 0.5) is 0 Å². The van der Waals surface area contributed by atoms with Gasteiger partial charge in [-0.3, -0.25) is 4.79 Å². The fourth-order valence-electron chi connectivity index (χ4n) is 3.16. The number of benzene rings is 3. The molecule has 1 aromatic heterocycles. The number of hydrogen-bond donors (Lipinski definition) is 1. The SMILES string of the molecule is CCOc1ccc(-c2cnc(-c3ccccc3C(=O)NCc3ccc(Cl)cc3)o2)cc1. The highest BCUT2D eigenvalue weighted by Gasteiger charge is 2.17. The largest absolute Gasteiger partial charge is 0.494 e. The van der Waals surface area contributed by atoms with E-state index in [1.54, 1.807) is 24.4 Å². The third-order valence-corrected chi connectivity index (χ3v) is 4.98. The molecule has 0 spiro atoms. The van der Waals surface area contributed by atoms with E-state index >= 15 is 0 Å². The molecule has 0 atom stereocenters. The molecule has 5 nitrogen and oxygen atoms in total. The van der Waals surface area contributed by atoms with Gasteiger partial charge in [-0.1, -0.05) is 35.9 Å². The predicted molar refractivity (Wildman–Crippen MR) is 121 cm³/mol. The fraction of sp³-hybridized carbons (Fsp3) is 0.120. The first-order chi connectivity index (χ1) is 15.1. The van der Waals surface area contributed by atoms with Gasteiger partial charge in [0.1, 0.15) is 5.75 Å². The number of nitrogens with zero attached hydrogens (tertiary/aromatic N) is 1. The second-order valence-electron chi connectivity index (χ2n) is 6.84. The summed E-state index contributed by atoms with van der Waals surface area (Å²) in [5.41, 5.74) is 2.97. The second-order valence-corrected chi connectivity index (χ2v) is 7.28. The minimum absolute atomic E-state index is 0.202. The molecule has 0 aliphatic carbocycles. The van der Waals surface area contributed by atoms with E-state index < -0.39 is 0 Å². The number of hydrogen-bond acceptors (Lipinski definition) is 4. The maximum Gasteiger partial charge on any atom is 0.252 e. The van der Waals surface area contributed by atoms with Crippen LogP contribution in [-0.2, 0) is 6.54 Å². The van der Waals surface area contributed by atoms with Gasteiger partial charge < -0.3 is 14.5 Å². The minimum atomic E-state index is -0.202. The number of oxazole rings is 1. The van der Waals surface area contributed by atoms with Gasteiger partial charge in [-0.15, -0.1) is 0 Å². The van der Waals surface area contributed by atoms with Gasteiger partial charge in [0.25, 0.3) is 5.91 Å². The van der Waals surface area contributed by atoms with Gasteiger partial charge in [0, 0.05) is 22.7 Å². The van der Waals surface area contributed by atoms with Gasteiger partial charge >= 0.3 is 0 Å². The number of ether oxygens (including phenoxy) is 1. The summed E-state index contributed by atoms with van der Waals surface area (Å²) in [5.74, 6) is 1.61. The Bertz CT molecular complexity index is 1170. The highest BCUT2D eigenvalue weighted by atomic mass is 35.5. The zero-order valence-corrected chi connectivity index (χ0v) is 17.7. The van der Waals surface area contributed by atoms with E-state index in [1.165, 1.54) is 0 Å². The minimum Gasteiger partial charge on any atom is -0.494 e. The number of amides is 1. The summed E-state index contributed by atoms with van der Waals surface area (Å²) in [6.07, 6.45) is 1.66. The summed E-state index contributed by atoms with van der Waals surface area (Å²) >= 11 is 5.92. The van der Waals surface area contributed by atoms with Crippen molar-refractivity contribution < 1.29 is 13.9 Å². The lowest BCUT2D eigenvalue weighted by atomic mass is 10.1. The molecule has 3 aromatic carbocycles. The average molecular weight is 433 g/mol. The third kappa shape index (κ3) is 4.95. The van der Waals surface area contributed by atoms with Crippen molar-refractivity contribution in [2.75, 3.05) is 6.61 Å². The molecule has 1 amide bonds. The number of aromatic nitrogens is 1. The van der Waals surface area contributed by atoms with Crippen LogP contribution in [0.25, 0.3) is 22.8 Å². The molecule has 1 heterocycles. The first-order valence-corrected chi connectivity index (χ1v) is 10.3. The molecule has 0 radical (unpaired) electrons. The molecule has 4 aromatic rings. The quantitative estimate of drug-likeness (QED) is 0.389. The van der Waals surface area contributed by atoms with Crippen molar-refractivity contribution in [2.45, 2.75) is 13.5 Å². The summed E-state index contributed by atoms with van der Waals surface area (Å²) < 4.78 is 11.5. The Hall–Kier alpha value is -3.57. The van der Waals surface area contributed by atoms with Crippen LogP contribution in [0, 0.1) is 0 Å². The number of halogens is 1. The Labute approximate surface area is 185 Å². The molecule has 1 N–H and O–H groups in total. The van der Waals surface area contributed by atoms with Crippen LogP contribution in [0.1, 0.15) is 22.8 Å². The number of carbonyl (C=O) groups is 1. The molecule has 0 aliphatic rings. The van der Waals surface area contributed by atoms with Crippen LogP contribution < -0.4 is 10.1 Å². The lowest BCUT2D eigenvalue weighted by Gasteiger charge is -2.08. The summed E-state index contributed by atoms with van der Waals surface area (Å²) in [6, 6.07) is 22.2. The van der Waals surface area contributed by atoms with Crippen LogP contribution >= 0.6 is 11.6 Å². The van der Waals surface area contributed by atoms with E-state index in [1.807, 2.05) is 61.5 Å². The maximum absolute atomic E-state index is 12.8. The average Bonchev–Trinajstić information content (AvgIpc) is 3.29.